The van der Waals surface area contributed by atoms with Crippen molar-refractivity contribution >= 4 is 29.4 Å². The number of nitrogens with one attached hydrogen (secondary N) is 2. The molecular formula is C22H24F2N6O5. The van der Waals surface area contributed by atoms with E-state index in [1.807, 2.05) is 0 Å². The number of ether oxygens (including phenoxy) is 3. The summed E-state index contributed by atoms with van der Waals surface area (Å²) in [5.41, 5.74) is -0.146. The van der Waals surface area contributed by atoms with Gasteiger partial charge in [0.1, 0.15) is 11.5 Å². The maximum atomic E-state index is 15.0. The number of hydrogen-bond acceptors (Lipinski definition) is 8. The molecule has 3 amide bonds. The van der Waals surface area contributed by atoms with Gasteiger partial charge in [0.05, 0.1) is 46.1 Å². The standard InChI is InChI=1S/C22H24F2N6O5/c1-5-16(31)26-12-9-35-10-13(12)27-21-25-7-11-8-30(22(32)29(2)20(11)28-21)19-17(23)14(33-3)6-15(34-4)18(19)24/h5-7,12-13H,1,8-10H2,2-4H3,(H,26,31)(H,25,27,28). The molecule has 2 aliphatic heterocycles. The summed E-state index contributed by atoms with van der Waals surface area (Å²) in [6, 6.07) is -0.288. The third-order valence-electron chi connectivity index (χ3n) is 5.73. The molecule has 1 aromatic carbocycles. The minimum absolute atomic E-state index is 0.187. The first kappa shape index (κ1) is 24.1. The number of rotatable bonds is 7. The van der Waals surface area contributed by atoms with Crippen LogP contribution in [0.4, 0.5) is 31.0 Å². The average Bonchev–Trinajstić information content (AvgIpc) is 3.28. The molecule has 2 unspecified atom stereocenters. The van der Waals surface area contributed by atoms with E-state index in [1.54, 1.807) is 0 Å². The number of carbonyl (C=O) groups is 2. The van der Waals surface area contributed by atoms with Crippen LogP contribution in [0.3, 0.4) is 0 Å². The Labute approximate surface area is 199 Å². The van der Waals surface area contributed by atoms with E-state index in [2.05, 4.69) is 27.2 Å². The van der Waals surface area contributed by atoms with Crippen LogP contribution in [0, 0.1) is 11.6 Å². The summed E-state index contributed by atoms with van der Waals surface area (Å²) in [6.45, 7) is 3.86. The highest BCUT2D eigenvalue weighted by Gasteiger charge is 2.36. The zero-order chi connectivity index (χ0) is 25.3. The fraction of sp³-hybridized carbons (Fsp3) is 0.364. The van der Waals surface area contributed by atoms with E-state index in [1.165, 1.54) is 38.4 Å². The molecule has 13 heteroatoms. The van der Waals surface area contributed by atoms with Gasteiger partial charge >= 0.3 is 6.03 Å². The Balaban J connectivity index is 1.62. The van der Waals surface area contributed by atoms with Crippen LogP contribution < -0.4 is 29.9 Å². The Hall–Kier alpha value is -4.00. The molecule has 0 aliphatic carbocycles. The minimum Gasteiger partial charge on any atom is -0.493 e. The van der Waals surface area contributed by atoms with Gasteiger partial charge in [0, 0.05) is 24.9 Å². The summed E-state index contributed by atoms with van der Waals surface area (Å²) in [5.74, 6) is -2.49. The quantitative estimate of drug-likeness (QED) is 0.565. The number of amides is 3. The number of anilines is 3. The third kappa shape index (κ3) is 4.41. The van der Waals surface area contributed by atoms with Crippen LogP contribution >= 0.6 is 0 Å². The molecule has 1 fully saturated rings. The number of carbonyl (C=O) groups excluding carboxylic acids is 2. The number of hydrogen-bond donors (Lipinski definition) is 2. The van der Waals surface area contributed by atoms with Crippen LogP contribution in [0.25, 0.3) is 0 Å². The normalized spacial score (nSPS) is 19.3. The van der Waals surface area contributed by atoms with Crippen LogP contribution in [0.15, 0.2) is 24.9 Å². The predicted molar refractivity (Wildman–Crippen MR) is 122 cm³/mol. The van der Waals surface area contributed by atoms with Crippen LogP contribution in [0.1, 0.15) is 5.56 Å². The largest absolute Gasteiger partial charge is 0.493 e. The van der Waals surface area contributed by atoms with Gasteiger partial charge in [-0.05, 0) is 6.08 Å². The lowest BCUT2D eigenvalue weighted by molar-refractivity contribution is -0.117. The number of fused-ring (bicyclic) bond motifs is 1. The Morgan fingerprint density at radius 1 is 1.23 bits per heavy atom. The molecule has 0 spiro atoms. The first-order chi connectivity index (χ1) is 16.8. The van der Waals surface area contributed by atoms with Gasteiger partial charge in [0.15, 0.2) is 23.1 Å². The number of benzene rings is 1. The van der Waals surface area contributed by atoms with E-state index in [0.29, 0.717) is 18.8 Å². The highest BCUT2D eigenvalue weighted by atomic mass is 19.1. The van der Waals surface area contributed by atoms with Crippen molar-refractivity contribution in [3.63, 3.8) is 0 Å². The summed E-state index contributed by atoms with van der Waals surface area (Å²) in [4.78, 5) is 35.6. The summed E-state index contributed by atoms with van der Waals surface area (Å²) in [6.07, 6.45) is 2.63. The van der Waals surface area contributed by atoms with Gasteiger partial charge in [-0.25, -0.2) is 18.6 Å². The fourth-order valence-corrected chi connectivity index (χ4v) is 3.91. The van der Waals surface area contributed by atoms with E-state index < -0.39 is 23.4 Å². The maximum absolute atomic E-state index is 15.0. The molecule has 2 N–H and O–H groups in total. The topological polar surface area (TPSA) is 118 Å². The van der Waals surface area contributed by atoms with E-state index >= 15 is 8.78 Å². The van der Waals surface area contributed by atoms with E-state index in [4.69, 9.17) is 14.2 Å². The summed E-state index contributed by atoms with van der Waals surface area (Å²) < 4.78 is 45.5. The van der Waals surface area contributed by atoms with Crippen molar-refractivity contribution in [3.05, 3.63) is 42.1 Å². The second kappa shape index (κ2) is 9.70. The lowest BCUT2D eigenvalue weighted by Gasteiger charge is -2.34. The Kier molecular flexibility index (Phi) is 6.69. The summed E-state index contributed by atoms with van der Waals surface area (Å²) in [7, 11) is 3.89. The fourth-order valence-electron chi connectivity index (χ4n) is 3.91. The third-order valence-corrected chi connectivity index (χ3v) is 5.73. The van der Waals surface area contributed by atoms with Crippen molar-refractivity contribution in [1.29, 1.82) is 0 Å². The number of aromatic nitrogens is 2. The van der Waals surface area contributed by atoms with Gasteiger partial charge in [0.2, 0.25) is 11.9 Å². The molecule has 2 atom stereocenters. The van der Waals surface area contributed by atoms with Crippen molar-refractivity contribution in [1.82, 2.24) is 15.3 Å². The predicted octanol–water partition coefficient (Wildman–Crippen LogP) is 1.83. The summed E-state index contributed by atoms with van der Waals surface area (Å²) in [5, 5.41) is 5.86. The first-order valence-corrected chi connectivity index (χ1v) is 10.6. The van der Waals surface area contributed by atoms with Crippen LogP contribution in [0.2, 0.25) is 0 Å². The monoisotopic (exact) mass is 490 g/mol. The van der Waals surface area contributed by atoms with Crippen LogP contribution in [0.5, 0.6) is 11.5 Å². The van der Waals surface area contributed by atoms with E-state index in [-0.39, 0.29) is 47.8 Å². The highest BCUT2D eigenvalue weighted by Crippen LogP contribution is 2.40. The Bertz CT molecular complexity index is 1150. The van der Waals surface area contributed by atoms with Gasteiger partial charge < -0.3 is 24.8 Å². The Morgan fingerprint density at radius 3 is 2.51 bits per heavy atom. The molecule has 0 saturated carbocycles. The van der Waals surface area contributed by atoms with Gasteiger partial charge in [-0.2, -0.15) is 4.98 Å². The number of nitrogens with zero attached hydrogens (tertiary/aromatic N) is 4. The number of methoxy groups -OCH3 is 2. The molecule has 1 saturated heterocycles. The van der Waals surface area contributed by atoms with Gasteiger partial charge in [-0.3, -0.25) is 14.6 Å². The van der Waals surface area contributed by atoms with Crippen molar-refractivity contribution in [3.8, 4) is 11.5 Å². The molecule has 0 radical (unpaired) electrons. The molecule has 2 aliphatic rings. The Morgan fingerprint density at radius 2 is 1.89 bits per heavy atom. The summed E-state index contributed by atoms with van der Waals surface area (Å²) >= 11 is 0. The van der Waals surface area contributed by atoms with Gasteiger partial charge in [0.25, 0.3) is 0 Å². The van der Waals surface area contributed by atoms with Crippen molar-refractivity contribution in [2.24, 2.45) is 0 Å². The van der Waals surface area contributed by atoms with E-state index in [9.17, 15) is 9.59 Å². The van der Waals surface area contributed by atoms with Crippen molar-refractivity contribution < 1.29 is 32.6 Å². The SMILES string of the molecule is C=CC(=O)NC1COCC1Nc1ncc2c(n1)N(C)C(=O)N(c1c(F)c(OC)cc(OC)c1F)C2. The second-order valence-corrected chi connectivity index (χ2v) is 7.84. The molecule has 35 heavy (non-hydrogen) atoms. The molecule has 3 heterocycles. The maximum Gasteiger partial charge on any atom is 0.330 e. The molecular weight excluding hydrogens is 466 g/mol. The highest BCUT2D eigenvalue weighted by molar-refractivity contribution is 6.05. The number of halogens is 2. The molecule has 4 rings (SSSR count). The minimum atomic E-state index is -1.04. The van der Waals surface area contributed by atoms with Crippen LogP contribution in [-0.2, 0) is 16.1 Å². The zero-order valence-electron chi connectivity index (χ0n) is 19.3. The second-order valence-electron chi connectivity index (χ2n) is 7.84. The van der Waals surface area contributed by atoms with E-state index in [0.717, 1.165) is 11.0 Å². The first-order valence-electron chi connectivity index (χ1n) is 10.6. The van der Waals surface area contributed by atoms with Gasteiger partial charge in [-0.15, -0.1) is 0 Å². The lowest BCUT2D eigenvalue weighted by atomic mass is 10.1. The molecule has 0 bridgehead atoms. The smallest absolute Gasteiger partial charge is 0.330 e. The molecule has 1 aromatic heterocycles. The molecule has 186 valence electrons. The van der Waals surface area contributed by atoms with Crippen molar-refractivity contribution in [2.45, 2.75) is 18.6 Å². The average molecular weight is 490 g/mol. The van der Waals surface area contributed by atoms with Crippen LogP contribution in [-0.4, -0.2) is 68.5 Å². The number of urea groups is 1. The van der Waals surface area contributed by atoms with Crippen molar-refractivity contribution in [2.75, 3.05) is 49.6 Å². The lowest BCUT2D eigenvalue weighted by Crippen LogP contribution is -2.47. The molecule has 2 aromatic rings. The zero-order valence-corrected chi connectivity index (χ0v) is 19.3. The molecule has 11 nitrogen and oxygen atoms in total. The van der Waals surface area contributed by atoms with Gasteiger partial charge in [-0.1, -0.05) is 6.58 Å².